The molecule has 0 saturated carbocycles. The van der Waals surface area contributed by atoms with Gasteiger partial charge in [0.2, 0.25) is 0 Å². The second kappa shape index (κ2) is 6.83. The quantitative estimate of drug-likeness (QED) is 0.938. The average molecular weight is 315 g/mol. The van der Waals surface area contributed by atoms with Crippen LogP contribution in [0, 0.1) is 0 Å². The van der Waals surface area contributed by atoms with Crippen molar-refractivity contribution in [3.8, 4) is 5.75 Å². The fourth-order valence-electron chi connectivity index (χ4n) is 2.80. The molecular weight excluding hydrogens is 294 g/mol. The van der Waals surface area contributed by atoms with E-state index in [9.17, 15) is 4.79 Å². The molecule has 1 fully saturated rings. The average Bonchev–Trinajstić information content (AvgIpc) is 3.02. The summed E-state index contributed by atoms with van der Waals surface area (Å²) < 4.78 is 12.7. The number of aromatic nitrogens is 2. The largest absolute Gasteiger partial charge is 0.497 e. The number of aryl methyl sites for hydroxylation is 1. The molecule has 0 bridgehead atoms. The molecule has 6 heteroatoms. The lowest BCUT2D eigenvalue weighted by molar-refractivity contribution is 0.000865. The number of carbonyl (C=O) groups is 1. The Labute approximate surface area is 135 Å². The molecule has 6 nitrogen and oxygen atoms in total. The van der Waals surface area contributed by atoms with Crippen LogP contribution in [0.4, 0.5) is 0 Å². The van der Waals surface area contributed by atoms with Gasteiger partial charge in [-0.3, -0.25) is 9.48 Å². The molecule has 0 radical (unpaired) electrons. The van der Waals surface area contributed by atoms with Crippen molar-refractivity contribution in [1.29, 1.82) is 0 Å². The monoisotopic (exact) mass is 315 g/mol. The minimum atomic E-state index is -0.0827. The Kier molecular flexibility index (Phi) is 4.62. The van der Waals surface area contributed by atoms with Crippen molar-refractivity contribution < 1.29 is 14.3 Å². The summed E-state index contributed by atoms with van der Waals surface area (Å²) in [4.78, 5) is 12.4. The van der Waals surface area contributed by atoms with Crippen molar-refractivity contribution in [3.63, 3.8) is 0 Å². The number of amides is 1. The Bertz CT molecular complexity index is 683. The molecule has 1 aliphatic rings. The van der Waals surface area contributed by atoms with Gasteiger partial charge < -0.3 is 14.8 Å². The maximum atomic E-state index is 12.4. The summed E-state index contributed by atoms with van der Waals surface area (Å²) in [6, 6.07) is 7.26. The lowest BCUT2D eigenvalue weighted by Crippen LogP contribution is -2.39. The van der Waals surface area contributed by atoms with Crippen LogP contribution in [0.2, 0.25) is 0 Å². The molecule has 1 N–H and O–H groups in total. The predicted octanol–water partition coefficient (Wildman–Crippen LogP) is 2.08. The van der Waals surface area contributed by atoms with Crippen molar-refractivity contribution in [2.45, 2.75) is 25.0 Å². The summed E-state index contributed by atoms with van der Waals surface area (Å²) in [6.45, 7) is 0.628. The highest BCUT2D eigenvalue weighted by Crippen LogP contribution is 2.28. The van der Waals surface area contributed by atoms with Crippen molar-refractivity contribution in [3.05, 3.63) is 47.8 Å². The van der Waals surface area contributed by atoms with E-state index in [1.165, 1.54) is 0 Å². The Morgan fingerprint density at radius 2 is 2.35 bits per heavy atom. The molecule has 2 aromatic rings. The molecule has 0 aliphatic carbocycles. The second-order valence-corrected chi connectivity index (χ2v) is 5.73. The molecule has 1 aromatic heterocycles. The van der Waals surface area contributed by atoms with Gasteiger partial charge in [0, 0.05) is 37.0 Å². The van der Waals surface area contributed by atoms with E-state index in [4.69, 9.17) is 9.47 Å². The number of methoxy groups -OCH3 is 1. The van der Waals surface area contributed by atoms with Crippen LogP contribution in [0.3, 0.4) is 0 Å². The van der Waals surface area contributed by atoms with Crippen LogP contribution >= 0.6 is 0 Å². The van der Waals surface area contributed by atoms with Gasteiger partial charge in [-0.05, 0) is 31.0 Å². The summed E-state index contributed by atoms with van der Waals surface area (Å²) in [6.07, 6.45) is 5.31. The van der Waals surface area contributed by atoms with Crippen LogP contribution in [0.15, 0.2) is 36.7 Å². The number of carbonyl (C=O) groups excluding carboxylic acids is 1. The fourth-order valence-corrected chi connectivity index (χ4v) is 2.80. The van der Waals surface area contributed by atoms with Gasteiger partial charge in [-0.15, -0.1) is 0 Å². The number of hydrogen-bond donors (Lipinski definition) is 1. The fraction of sp³-hybridized carbons (Fsp3) is 0.412. The van der Waals surface area contributed by atoms with E-state index in [0.717, 1.165) is 18.4 Å². The van der Waals surface area contributed by atoms with Gasteiger partial charge in [-0.25, -0.2) is 0 Å². The summed E-state index contributed by atoms with van der Waals surface area (Å²) in [7, 11) is 3.47. The lowest BCUT2D eigenvalue weighted by Gasteiger charge is -2.29. The zero-order valence-corrected chi connectivity index (χ0v) is 13.4. The van der Waals surface area contributed by atoms with E-state index in [-0.39, 0.29) is 18.1 Å². The van der Waals surface area contributed by atoms with E-state index in [0.29, 0.717) is 17.9 Å². The maximum Gasteiger partial charge on any atom is 0.251 e. The van der Waals surface area contributed by atoms with Gasteiger partial charge >= 0.3 is 0 Å². The maximum absolute atomic E-state index is 12.4. The molecule has 0 unspecified atom stereocenters. The molecule has 1 aromatic carbocycles. The Balaban J connectivity index is 1.64. The summed E-state index contributed by atoms with van der Waals surface area (Å²) in [5, 5.41) is 7.27. The van der Waals surface area contributed by atoms with Gasteiger partial charge in [-0.2, -0.15) is 5.10 Å². The van der Waals surface area contributed by atoms with Crippen molar-refractivity contribution >= 4 is 5.91 Å². The highest BCUT2D eigenvalue weighted by molar-refractivity contribution is 5.94. The van der Waals surface area contributed by atoms with E-state index in [1.807, 2.05) is 31.6 Å². The highest BCUT2D eigenvalue weighted by atomic mass is 16.5. The SMILES string of the molecule is COc1cccc(C(=O)N[C@H]2CCO[C@H](c3cnn(C)c3)C2)c1. The first kappa shape index (κ1) is 15.6. The first-order valence-electron chi connectivity index (χ1n) is 7.71. The zero-order chi connectivity index (χ0) is 16.2. The van der Waals surface area contributed by atoms with Crippen molar-refractivity contribution in [1.82, 2.24) is 15.1 Å². The van der Waals surface area contributed by atoms with Gasteiger partial charge in [0.05, 0.1) is 19.4 Å². The molecule has 3 rings (SSSR count). The molecule has 1 saturated heterocycles. The number of ether oxygens (including phenoxy) is 2. The molecule has 1 aliphatic heterocycles. The molecule has 122 valence electrons. The number of nitrogens with zero attached hydrogens (tertiary/aromatic N) is 2. The topological polar surface area (TPSA) is 65.4 Å². The first-order valence-corrected chi connectivity index (χ1v) is 7.71. The lowest BCUT2D eigenvalue weighted by atomic mass is 9.99. The van der Waals surface area contributed by atoms with Crippen LogP contribution in [0.5, 0.6) is 5.75 Å². The summed E-state index contributed by atoms with van der Waals surface area (Å²) in [5.74, 6) is 0.596. The van der Waals surface area contributed by atoms with Crippen LogP contribution < -0.4 is 10.1 Å². The minimum Gasteiger partial charge on any atom is -0.497 e. The van der Waals surface area contributed by atoms with Crippen LogP contribution in [0.1, 0.15) is 34.9 Å². The highest BCUT2D eigenvalue weighted by Gasteiger charge is 2.26. The summed E-state index contributed by atoms with van der Waals surface area (Å²) >= 11 is 0. The molecule has 2 atom stereocenters. The van der Waals surface area contributed by atoms with Crippen LogP contribution in [0.25, 0.3) is 0 Å². The second-order valence-electron chi connectivity index (χ2n) is 5.73. The molecule has 2 heterocycles. The Morgan fingerprint density at radius 1 is 1.48 bits per heavy atom. The van der Waals surface area contributed by atoms with Crippen molar-refractivity contribution in [2.75, 3.05) is 13.7 Å². The van der Waals surface area contributed by atoms with E-state index < -0.39 is 0 Å². The predicted molar refractivity (Wildman–Crippen MR) is 85.4 cm³/mol. The third-order valence-electron chi connectivity index (χ3n) is 4.05. The van der Waals surface area contributed by atoms with Crippen molar-refractivity contribution in [2.24, 2.45) is 7.05 Å². The van der Waals surface area contributed by atoms with Gasteiger partial charge in [0.25, 0.3) is 5.91 Å². The molecular formula is C17H21N3O3. The van der Waals surface area contributed by atoms with Crippen LogP contribution in [-0.2, 0) is 11.8 Å². The molecule has 1 amide bonds. The smallest absolute Gasteiger partial charge is 0.251 e. The standard InChI is InChI=1S/C17H21N3O3/c1-20-11-13(10-18-20)16-9-14(6-7-23-16)19-17(21)12-4-3-5-15(8-12)22-2/h3-5,8,10-11,14,16H,6-7,9H2,1-2H3,(H,19,21)/t14-,16-/m0/s1. The Morgan fingerprint density at radius 3 is 3.09 bits per heavy atom. The number of benzene rings is 1. The van der Waals surface area contributed by atoms with Crippen LogP contribution in [-0.4, -0.2) is 35.4 Å². The third kappa shape index (κ3) is 3.71. The number of hydrogen-bond acceptors (Lipinski definition) is 4. The number of nitrogens with one attached hydrogen (secondary N) is 1. The third-order valence-corrected chi connectivity index (χ3v) is 4.05. The van der Waals surface area contributed by atoms with Gasteiger partial charge in [-0.1, -0.05) is 6.07 Å². The van der Waals surface area contributed by atoms with E-state index in [2.05, 4.69) is 10.4 Å². The zero-order valence-electron chi connectivity index (χ0n) is 13.4. The van der Waals surface area contributed by atoms with Gasteiger partial charge in [0.1, 0.15) is 5.75 Å². The molecule has 23 heavy (non-hydrogen) atoms. The minimum absolute atomic E-state index is 0.0203. The van der Waals surface area contributed by atoms with E-state index >= 15 is 0 Å². The summed E-state index contributed by atoms with van der Waals surface area (Å²) in [5.41, 5.74) is 1.65. The molecule has 0 spiro atoms. The number of rotatable bonds is 4. The normalized spacial score (nSPS) is 21.0. The first-order chi connectivity index (χ1) is 11.2. The van der Waals surface area contributed by atoms with E-state index in [1.54, 1.807) is 23.9 Å². The van der Waals surface area contributed by atoms with Gasteiger partial charge in [0.15, 0.2) is 0 Å². The Hall–Kier alpha value is -2.34.